The van der Waals surface area contributed by atoms with Gasteiger partial charge in [-0.25, -0.2) is 4.79 Å². The molecule has 128 valence electrons. The first-order chi connectivity index (χ1) is 9.96. The highest BCUT2D eigenvalue weighted by atomic mass is 16.2. The smallest absolute Gasteiger partial charge is 0.312 e. The van der Waals surface area contributed by atoms with E-state index in [0.717, 1.165) is 0 Å². The van der Waals surface area contributed by atoms with Gasteiger partial charge in [-0.1, -0.05) is 41.5 Å². The van der Waals surface area contributed by atoms with E-state index in [-0.39, 0.29) is 23.5 Å². The molecule has 0 aromatic heterocycles. The molecule has 2 atom stereocenters. The van der Waals surface area contributed by atoms with Gasteiger partial charge in [-0.3, -0.25) is 9.59 Å². The van der Waals surface area contributed by atoms with E-state index in [1.54, 1.807) is 0 Å². The molecule has 22 heavy (non-hydrogen) atoms. The molecule has 0 aliphatic heterocycles. The topological polar surface area (TPSA) is 101 Å². The number of hydrogen-bond acceptors (Lipinski definition) is 3. The van der Waals surface area contributed by atoms with Gasteiger partial charge in [0.1, 0.15) is 0 Å². The summed E-state index contributed by atoms with van der Waals surface area (Å²) in [6.45, 7) is 11.7. The van der Waals surface area contributed by atoms with Crippen LogP contribution in [0.2, 0.25) is 0 Å². The Balaban J connectivity index is 4.76. The van der Waals surface area contributed by atoms with E-state index in [0.29, 0.717) is 19.4 Å². The Morgan fingerprint density at radius 2 is 1.64 bits per heavy atom. The fourth-order valence-electron chi connectivity index (χ4n) is 1.92. The summed E-state index contributed by atoms with van der Waals surface area (Å²) in [4.78, 5) is 35.4. The molecule has 6 heteroatoms. The van der Waals surface area contributed by atoms with E-state index in [4.69, 9.17) is 5.73 Å². The van der Waals surface area contributed by atoms with E-state index in [9.17, 15) is 14.4 Å². The van der Waals surface area contributed by atoms with Crippen LogP contribution >= 0.6 is 0 Å². The van der Waals surface area contributed by atoms with Crippen LogP contribution in [0.25, 0.3) is 0 Å². The van der Waals surface area contributed by atoms with Crippen molar-refractivity contribution in [3.8, 4) is 0 Å². The molecule has 0 aliphatic carbocycles. The highest BCUT2D eigenvalue weighted by molar-refractivity contribution is 5.92. The molecule has 0 rings (SSSR count). The minimum atomic E-state index is -0.587. The molecule has 0 heterocycles. The molecule has 0 fully saturated rings. The van der Waals surface area contributed by atoms with Crippen molar-refractivity contribution in [1.82, 2.24) is 10.6 Å². The molecule has 0 aliphatic rings. The number of ketones is 1. The molecule has 0 aromatic carbocycles. The standard InChI is InChI=1S/C16H31N3O3/c1-10(2)11(3)14(21)19-12(13(20)16(4,5)6)8-7-9-18-15(17)22/h10-12H,7-9H2,1-6H3,(H,19,21)(H3,17,18,22). The average molecular weight is 313 g/mol. The normalized spacial score (nSPS) is 14.3. The maximum absolute atomic E-state index is 12.5. The van der Waals surface area contributed by atoms with Gasteiger partial charge in [0.2, 0.25) is 5.91 Å². The number of rotatable bonds is 8. The molecule has 0 aromatic rings. The van der Waals surface area contributed by atoms with Gasteiger partial charge in [-0.05, 0) is 18.8 Å². The number of amides is 3. The van der Waals surface area contributed by atoms with E-state index < -0.39 is 17.5 Å². The predicted octanol–water partition coefficient (Wildman–Crippen LogP) is 1.83. The van der Waals surface area contributed by atoms with Crippen molar-refractivity contribution >= 4 is 17.7 Å². The van der Waals surface area contributed by atoms with Crippen molar-refractivity contribution in [2.45, 2.75) is 60.4 Å². The lowest BCUT2D eigenvalue weighted by molar-refractivity contribution is -0.134. The number of nitrogens with one attached hydrogen (secondary N) is 2. The highest BCUT2D eigenvalue weighted by Gasteiger charge is 2.31. The average Bonchev–Trinajstić information content (AvgIpc) is 2.38. The Bertz CT molecular complexity index is 400. The Labute approximate surface area is 133 Å². The highest BCUT2D eigenvalue weighted by Crippen LogP contribution is 2.20. The number of urea groups is 1. The van der Waals surface area contributed by atoms with Crippen LogP contribution < -0.4 is 16.4 Å². The number of carbonyl (C=O) groups is 3. The zero-order valence-corrected chi connectivity index (χ0v) is 14.7. The summed E-state index contributed by atoms with van der Waals surface area (Å²) < 4.78 is 0. The van der Waals surface area contributed by atoms with Crippen LogP contribution in [0.3, 0.4) is 0 Å². The van der Waals surface area contributed by atoms with Crippen molar-refractivity contribution < 1.29 is 14.4 Å². The second-order valence-electron chi connectivity index (χ2n) is 7.14. The van der Waals surface area contributed by atoms with Crippen LogP contribution in [-0.2, 0) is 9.59 Å². The van der Waals surface area contributed by atoms with Gasteiger partial charge < -0.3 is 16.4 Å². The Morgan fingerprint density at radius 1 is 1.09 bits per heavy atom. The fraction of sp³-hybridized carbons (Fsp3) is 0.812. The largest absolute Gasteiger partial charge is 0.352 e. The van der Waals surface area contributed by atoms with Crippen LogP contribution in [-0.4, -0.2) is 30.3 Å². The first-order valence-corrected chi connectivity index (χ1v) is 7.84. The Hall–Kier alpha value is -1.59. The quantitative estimate of drug-likeness (QED) is 0.596. The molecule has 0 spiro atoms. The van der Waals surface area contributed by atoms with Crippen LogP contribution in [0.4, 0.5) is 4.79 Å². The lowest BCUT2D eigenvalue weighted by Crippen LogP contribution is -2.48. The second kappa shape index (κ2) is 8.76. The molecule has 4 N–H and O–H groups in total. The van der Waals surface area contributed by atoms with E-state index in [1.807, 2.05) is 41.5 Å². The lowest BCUT2D eigenvalue weighted by Gasteiger charge is -2.27. The minimum Gasteiger partial charge on any atom is -0.352 e. The zero-order chi connectivity index (χ0) is 17.5. The number of carbonyl (C=O) groups excluding carboxylic acids is 3. The van der Waals surface area contributed by atoms with E-state index in [1.165, 1.54) is 0 Å². The molecule has 0 bridgehead atoms. The van der Waals surface area contributed by atoms with Crippen LogP contribution in [0.1, 0.15) is 54.4 Å². The Morgan fingerprint density at radius 3 is 2.05 bits per heavy atom. The van der Waals surface area contributed by atoms with Gasteiger partial charge in [0.25, 0.3) is 0 Å². The number of Topliss-reactive ketones (excluding diaryl/α,β-unsaturated/α-hetero) is 1. The minimum absolute atomic E-state index is 0.00381. The summed E-state index contributed by atoms with van der Waals surface area (Å²) in [5, 5.41) is 5.35. The van der Waals surface area contributed by atoms with E-state index >= 15 is 0 Å². The first-order valence-electron chi connectivity index (χ1n) is 7.84. The SMILES string of the molecule is CC(C)C(C)C(=O)NC(CCCNC(N)=O)C(=O)C(C)(C)C. The molecule has 2 unspecified atom stereocenters. The van der Waals surface area contributed by atoms with Gasteiger partial charge in [-0.15, -0.1) is 0 Å². The molecule has 3 amide bonds. The van der Waals surface area contributed by atoms with Gasteiger partial charge in [0.05, 0.1) is 6.04 Å². The summed E-state index contributed by atoms with van der Waals surface area (Å²) >= 11 is 0. The lowest BCUT2D eigenvalue weighted by atomic mass is 9.84. The second-order valence-corrected chi connectivity index (χ2v) is 7.14. The summed E-state index contributed by atoms with van der Waals surface area (Å²) in [5.41, 5.74) is 4.47. The number of hydrogen-bond donors (Lipinski definition) is 3. The van der Waals surface area contributed by atoms with Crippen molar-refractivity contribution in [2.24, 2.45) is 23.0 Å². The molecule has 0 saturated heterocycles. The molecule has 0 saturated carbocycles. The van der Waals surface area contributed by atoms with Gasteiger partial charge in [-0.2, -0.15) is 0 Å². The maximum atomic E-state index is 12.5. The van der Waals surface area contributed by atoms with Gasteiger partial charge in [0, 0.05) is 17.9 Å². The third-order valence-electron chi connectivity index (χ3n) is 3.75. The Kier molecular flexibility index (Phi) is 8.12. The van der Waals surface area contributed by atoms with Crippen LogP contribution in [0, 0.1) is 17.3 Å². The maximum Gasteiger partial charge on any atom is 0.312 e. The predicted molar refractivity (Wildman–Crippen MR) is 87.2 cm³/mol. The zero-order valence-electron chi connectivity index (χ0n) is 14.7. The van der Waals surface area contributed by atoms with E-state index in [2.05, 4.69) is 10.6 Å². The molecule has 6 nitrogen and oxygen atoms in total. The summed E-state index contributed by atoms with van der Waals surface area (Å²) in [6.07, 6.45) is 1.05. The van der Waals surface area contributed by atoms with Crippen molar-refractivity contribution in [3.63, 3.8) is 0 Å². The molecular formula is C16H31N3O3. The van der Waals surface area contributed by atoms with Crippen LogP contribution in [0.5, 0.6) is 0 Å². The molecular weight excluding hydrogens is 282 g/mol. The van der Waals surface area contributed by atoms with Gasteiger partial charge >= 0.3 is 6.03 Å². The third-order valence-corrected chi connectivity index (χ3v) is 3.75. The third kappa shape index (κ3) is 7.43. The summed E-state index contributed by atoms with van der Waals surface area (Å²) in [5.74, 6) is -0.0581. The van der Waals surface area contributed by atoms with Crippen molar-refractivity contribution in [3.05, 3.63) is 0 Å². The van der Waals surface area contributed by atoms with Gasteiger partial charge in [0.15, 0.2) is 5.78 Å². The first kappa shape index (κ1) is 20.4. The monoisotopic (exact) mass is 313 g/mol. The fourth-order valence-corrected chi connectivity index (χ4v) is 1.92. The summed E-state index contributed by atoms with van der Waals surface area (Å²) in [7, 11) is 0. The van der Waals surface area contributed by atoms with Crippen molar-refractivity contribution in [1.29, 1.82) is 0 Å². The number of nitrogens with two attached hydrogens (primary N) is 1. The summed E-state index contributed by atoms with van der Waals surface area (Å²) in [6, 6.07) is -1.13. The number of primary amides is 1. The molecule has 0 radical (unpaired) electrons. The van der Waals surface area contributed by atoms with Crippen molar-refractivity contribution in [2.75, 3.05) is 6.54 Å². The van der Waals surface area contributed by atoms with Crippen LogP contribution in [0.15, 0.2) is 0 Å².